The van der Waals surface area contributed by atoms with E-state index in [2.05, 4.69) is 11.0 Å². The van der Waals surface area contributed by atoms with Crippen LogP contribution in [-0.2, 0) is 13.1 Å². The van der Waals surface area contributed by atoms with E-state index >= 15 is 0 Å². The van der Waals surface area contributed by atoms with E-state index in [4.69, 9.17) is 15.7 Å². The molecule has 0 aliphatic carbocycles. The van der Waals surface area contributed by atoms with E-state index in [-0.39, 0.29) is 0 Å². The van der Waals surface area contributed by atoms with Crippen molar-refractivity contribution in [3.63, 3.8) is 0 Å². The molecule has 0 heterocycles. The average molecular weight is 281 g/mol. The van der Waals surface area contributed by atoms with Crippen LogP contribution in [0.3, 0.4) is 0 Å². The predicted molar refractivity (Wildman–Crippen MR) is 83.7 cm³/mol. The van der Waals surface area contributed by atoms with Crippen LogP contribution in [0.4, 0.5) is 5.69 Å². The van der Waals surface area contributed by atoms with E-state index < -0.39 is 0 Å². The number of rotatable bonds is 5. The average Bonchev–Trinajstić information content (AvgIpc) is 2.49. The molecule has 0 spiro atoms. The maximum Gasteiger partial charge on any atom is 0.123 e. The number of nitrogen functional groups attached to an aromatic ring is 1. The van der Waals surface area contributed by atoms with Crippen LogP contribution in [0, 0.1) is 11.3 Å². The summed E-state index contributed by atoms with van der Waals surface area (Å²) >= 11 is 0. The largest absolute Gasteiger partial charge is 0.496 e. The molecule has 4 heteroatoms. The fourth-order valence-corrected chi connectivity index (χ4v) is 2.29. The second-order valence-electron chi connectivity index (χ2n) is 5.01. The monoisotopic (exact) mass is 281 g/mol. The van der Waals surface area contributed by atoms with Gasteiger partial charge in [0.05, 0.1) is 18.7 Å². The number of anilines is 1. The summed E-state index contributed by atoms with van der Waals surface area (Å²) in [6.45, 7) is 1.43. The van der Waals surface area contributed by atoms with Gasteiger partial charge in [-0.1, -0.05) is 18.2 Å². The minimum Gasteiger partial charge on any atom is -0.496 e. The molecule has 0 aromatic heterocycles. The molecule has 0 unspecified atom stereocenters. The number of ether oxygens (including phenoxy) is 1. The Morgan fingerprint density at radius 3 is 2.52 bits per heavy atom. The van der Waals surface area contributed by atoms with Crippen molar-refractivity contribution in [2.75, 3.05) is 19.9 Å². The summed E-state index contributed by atoms with van der Waals surface area (Å²) in [5.74, 6) is 0.793. The number of methoxy groups -OCH3 is 1. The Hall–Kier alpha value is -2.51. The molecule has 0 saturated carbocycles. The molecule has 0 aliphatic rings. The molecule has 108 valence electrons. The molecule has 0 radical (unpaired) electrons. The molecule has 0 atom stereocenters. The van der Waals surface area contributed by atoms with Gasteiger partial charge in [-0.2, -0.15) is 5.26 Å². The summed E-state index contributed by atoms with van der Waals surface area (Å²) in [4.78, 5) is 2.14. The lowest BCUT2D eigenvalue weighted by atomic mass is 10.1. The number of nitrogens with zero attached hydrogens (tertiary/aromatic N) is 2. The molecule has 4 nitrogen and oxygen atoms in total. The highest BCUT2D eigenvalue weighted by atomic mass is 16.5. The summed E-state index contributed by atoms with van der Waals surface area (Å²) in [6.07, 6.45) is 0. The van der Waals surface area contributed by atoms with Crippen molar-refractivity contribution < 1.29 is 4.74 Å². The summed E-state index contributed by atoms with van der Waals surface area (Å²) in [5, 5.41) is 9.01. The Labute approximate surface area is 125 Å². The van der Waals surface area contributed by atoms with Gasteiger partial charge in [0.1, 0.15) is 5.75 Å². The van der Waals surface area contributed by atoms with Crippen molar-refractivity contribution in [2.45, 2.75) is 13.1 Å². The molecule has 2 rings (SSSR count). The normalized spacial score (nSPS) is 10.4. The van der Waals surface area contributed by atoms with E-state index in [0.717, 1.165) is 29.1 Å². The zero-order valence-corrected chi connectivity index (χ0v) is 12.3. The van der Waals surface area contributed by atoms with E-state index in [0.29, 0.717) is 12.1 Å². The Morgan fingerprint density at radius 2 is 1.86 bits per heavy atom. The van der Waals surface area contributed by atoms with Crippen molar-refractivity contribution in [3.8, 4) is 11.8 Å². The highest BCUT2D eigenvalue weighted by molar-refractivity contribution is 5.46. The molecule has 2 N–H and O–H groups in total. The van der Waals surface area contributed by atoms with Crippen molar-refractivity contribution >= 4 is 5.69 Å². The SMILES string of the molecule is COc1ccc(C#N)cc1CN(C)Cc1ccccc1N. The summed E-state index contributed by atoms with van der Waals surface area (Å²) in [5.41, 5.74) is 9.49. The van der Waals surface area contributed by atoms with Gasteiger partial charge in [0, 0.05) is 24.3 Å². The molecule has 0 fully saturated rings. The van der Waals surface area contributed by atoms with E-state index in [1.807, 2.05) is 43.4 Å². The highest BCUT2D eigenvalue weighted by Crippen LogP contribution is 2.22. The lowest BCUT2D eigenvalue weighted by molar-refractivity contribution is 0.310. The quantitative estimate of drug-likeness (QED) is 0.856. The van der Waals surface area contributed by atoms with Gasteiger partial charge in [0.25, 0.3) is 0 Å². The third-order valence-electron chi connectivity index (χ3n) is 3.35. The van der Waals surface area contributed by atoms with Crippen LogP contribution in [0.5, 0.6) is 5.75 Å². The number of para-hydroxylation sites is 1. The van der Waals surface area contributed by atoms with Crippen molar-refractivity contribution in [2.24, 2.45) is 0 Å². The molecule has 2 aromatic rings. The zero-order valence-electron chi connectivity index (χ0n) is 12.3. The van der Waals surface area contributed by atoms with Crippen molar-refractivity contribution in [1.82, 2.24) is 4.90 Å². The smallest absolute Gasteiger partial charge is 0.123 e. The van der Waals surface area contributed by atoms with Gasteiger partial charge in [-0.05, 0) is 36.9 Å². The maximum atomic E-state index is 9.01. The molecular formula is C17H19N3O. The van der Waals surface area contributed by atoms with Crippen molar-refractivity contribution in [3.05, 3.63) is 59.2 Å². The van der Waals surface area contributed by atoms with Gasteiger partial charge in [0.15, 0.2) is 0 Å². The van der Waals surface area contributed by atoms with E-state index in [1.54, 1.807) is 13.2 Å². The van der Waals surface area contributed by atoms with Crippen LogP contribution < -0.4 is 10.5 Å². The maximum absolute atomic E-state index is 9.01. The first-order valence-corrected chi connectivity index (χ1v) is 6.73. The predicted octanol–water partition coefficient (Wildman–Crippen LogP) is 2.78. The fourth-order valence-electron chi connectivity index (χ4n) is 2.29. The Balaban J connectivity index is 2.14. The van der Waals surface area contributed by atoms with Gasteiger partial charge < -0.3 is 10.5 Å². The molecular weight excluding hydrogens is 262 g/mol. The number of hydrogen-bond acceptors (Lipinski definition) is 4. The van der Waals surface area contributed by atoms with Gasteiger partial charge in [-0.25, -0.2) is 0 Å². The van der Waals surface area contributed by atoms with Crippen LogP contribution in [0.15, 0.2) is 42.5 Å². The Kier molecular flexibility index (Phi) is 4.81. The second-order valence-corrected chi connectivity index (χ2v) is 5.01. The molecule has 0 saturated heterocycles. The van der Waals surface area contributed by atoms with Crippen LogP contribution in [0.2, 0.25) is 0 Å². The van der Waals surface area contributed by atoms with E-state index in [1.165, 1.54) is 0 Å². The summed E-state index contributed by atoms with van der Waals surface area (Å²) in [6, 6.07) is 15.5. The van der Waals surface area contributed by atoms with Gasteiger partial charge in [-0.3, -0.25) is 4.90 Å². The van der Waals surface area contributed by atoms with Crippen LogP contribution in [-0.4, -0.2) is 19.1 Å². The third-order valence-corrected chi connectivity index (χ3v) is 3.35. The zero-order chi connectivity index (χ0) is 15.2. The van der Waals surface area contributed by atoms with Crippen LogP contribution in [0.25, 0.3) is 0 Å². The highest BCUT2D eigenvalue weighted by Gasteiger charge is 2.09. The lowest BCUT2D eigenvalue weighted by Gasteiger charge is -2.19. The van der Waals surface area contributed by atoms with E-state index in [9.17, 15) is 0 Å². The minimum atomic E-state index is 0.637. The number of nitriles is 1. The lowest BCUT2D eigenvalue weighted by Crippen LogP contribution is -2.18. The summed E-state index contributed by atoms with van der Waals surface area (Å²) in [7, 11) is 3.66. The fraction of sp³-hybridized carbons (Fsp3) is 0.235. The first-order valence-electron chi connectivity index (χ1n) is 6.73. The van der Waals surface area contributed by atoms with Crippen LogP contribution in [0.1, 0.15) is 16.7 Å². The number of hydrogen-bond donors (Lipinski definition) is 1. The Morgan fingerprint density at radius 1 is 1.14 bits per heavy atom. The summed E-state index contributed by atoms with van der Waals surface area (Å²) < 4.78 is 5.36. The molecule has 0 aliphatic heterocycles. The molecule has 0 bridgehead atoms. The van der Waals surface area contributed by atoms with Crippen LogP contribution >= 0.6 is 0 Å². The topological polar surface area (TPSA) is 62.3 Å². The standard InChI is InChI=1S/C17H19N3O/c1-20(11-14-5-3-4-6-16(14)19)12-15-9-13(10-18)7-8-17(15)21-2/h3-9H,11-12,19H2,1-2H3. The first-order chi connectivity index (χ1) is 10.1. The van der Waals surface area contributed by atoms with Crippen molar-refractivity contribution in [1.29, 1.82) is 5.26 Å². The molecule has 0 amide bonds. The molecule has 21 heavy (non-hydrogen) atoms. The molecule has 2 aromatic carbocycles. The number of nitrogens with two attached hydrogens (primary N) is 1. The number of benzene rings is 2. The van der Waals surface area contributed by atoms with Gasteiger partial charge >= 0.3 is 0 Å². The second kappa shape index (κ2) is 6.78. The van der Waals surface area contributed by atoms with Gasteiger partial charge in [-0.15, -0.1) is 0 Å². The van der Waals surface area contributed by atoms with Gasteiger partial charge in [0.2, 0.25) is 0 Å². The minimum absolute atomic E-state index is 0.637. The third kappa shape index (κ3) is 3.74. The Bertz CT molecular complexity index is 661. The first kappa shape index (κ1) is 14.9.